The van der Waals surface area contributed by atoms with Crippen LogP contribution in [-0.2, 0) is 0 Å². The van der Waals surface area contributed by atoms with Crippen LogP contribution in [0.25, 0.3) is 0 Å². The van der Waals surface area contributed by atoms with Gasteiger partial charge in [-0.3, -0.25) is 0 Å². The van der Waals surface area contributed by atoms with E-state index in [1.807, 2.05) is 17.8 Å². The van der Waals surface area contributed by atoms with Gasteiger partial charge < -0.3 is 5.32 Å². The maximum Gasteiger partial charge on any atom is 0.0408 e. The molecule has 0 heterocycles. The van der Waals surface area contributed by atoms with Crippen LogP contribution < -0.4 is 5.32 Å². The van der Waals surface area contributed by atoms with Gasteiger partial charge in [-0.05, 0) is 62.0 Å². The minimum atomic E-state index is 0.717. The highest BCUT2D eigenvalue weighted by molar-refractivity contribution is 7.99. The number of hydrogen-bond acceptors (Lipinski definition) is 2. The van der Waals surface area contributed by atoms with Gasteiger partial charge in [-0.25, -0.2) is 0 Å². The Balaban J connectivity index is 1.46. The smallest absolute Gasteiger partial charge is 0.0408 e. The molecule has 2 aliphatic rings. The van der Waals surface area contributed by atoms with E-state index in [2.05, 4.69) is 29.8 Å². The van der Waals surface area contributed by atoms with E-state index in [-0.39, 0.29) is 0 Å². The zero-order valence-electron chi connectivity index (χ0n) is 11.4. The number of rotatable bonds is 4. The summed E-state index contributed by atoms with van der Waals surface area (Å²) >= 11 is 8.09. The van der Waals surface area contributed by atoms with Crippen molar-refractivity contribution >= 4 is 23.4 Å². The van der Waals surface area contributed by atoms with Crippen molar-refractivity contribution in [2.24, 2.45) is 0 Å². The minimum Gasteiger partial charge on any atom is -0.311 e. The Kier molecular flexibility index (Phi) is 4.40. The van der Waals surface area contributed by atoms with Gasteiger partial charge in [0.05, 0.1) is 0 Å². The molecule has 2 fully saturated rings. The first-order valence-corrected chi connectivity index (χ1v) is 8.95. The van der Waals surface area contributed by atoms with Crippen molar-refractivity contribution in [2.75, 3.05) is 6.26 Å². The van der Waals surface area contributed by atoms with Gasteiger partial charge in [0.25, 0.3) is 0 Å². The fraction of sp³-hybridized carbons (Fsp3) is 0.625. The summed E-state index contributed by atoms with van der Waals surface area (Å²) in [5.74, 6) is 0.717. The van der Waals surface area contributed by atoms with Crippen molar-refractivity contribution in [2.45, 2.75) is 55.4 Å². The third-order valence-electron chi connectivity index (χ3n) is 4.65. The fourth-order valence-electron chi connectivity index (χ4n) is 3.43. The molecule has 2 atom stereocenters. The molecule has 2 saturated carbocycles. The van der Waals surface area contributed by atoms with Crippen molar-refractivity contribution in [3.63, 3.8) is 0 Å². The molecule has 0 aliphatic heterocycles. The van der Waals surface area contributed by atoms with Crippen molar-refractivity contribution in [3.8, 4) is 0 Å². The molecule has 0 aromatic heterocycles. The van der Waals surface area contributed by atoms with Crippen molar-refractivity contribution in [1.29, 1.82) is 0 Å². The van der Waals surface area contributed by atoms with Gasteiger partial charge in [-0.15, -0.1) is 0 Å². The SMILES string of the molecule is CSC1CCC(NC2CC(c3cccc(Cl)c3)C2)C1. The van der Waals surface area contributed by atoms with E-state index in [4.69, 9.17) is 11.6 Å². The number of benzene rings is 1. The fourth-order valence-corrected chi connectivity index (χ4v) is 4.42. The second-order valence-electron chi connectivity index (χ2n) is 5.95. The summed E-state index contributed by atoms with van der Waals surface area (Å²) in [6.45, 7) is 0. The Morgan fingerprint density at radius 1 is 1.16 bits per heavy atom. The molecule has 2 aliphatic carbocycles. The van der Waals surface area contributed by atoms with Crippen molar-refractivity contribution < 1.29 is 0 Å². The molecule has 1 aromatic carbocycles. The van der Waals surface area contributed by atoms with Gasteiger partial charge in [0.15, 0.2) is 0 Å². The molecule has 0 saturated heterocycles. The first-order chi connectivity index (χ1) is 9.24. The second kappa shape index (κ2) is 6.07. The van der Waals surface area contributed by atoms with E-state index in [0.29, 0.717) is 5.92 Å². The van der Waals surface area contributed by atoms with Gasteiger partial charge in [0.1, 0.15) is 0 Å². The van der Waals surface area contributed by atoms with Crippen LogP contribution in [0.2, 0.25) is 5.02 Å². The number of thioether (sulfide) groups is 1. The standard InChI is InChI=1S/C16H22ClNS/c1-19-16-6-5-14(10-16)18-15-8-12(9-15)11-3-2-4-13(17)7-11/h2-4,7,12,14-16,18H,5-6,8-10H2,1H3. The molecule has 1 N–H and O–H groups in total. The molecule has 2 unspecified atom stereocenters. The summed E-state index contributed by atoms with van der Waals surface area (Å²) < 4.78 is 0. The van der Waals surface area contributed by atoms with E-state index < -0.39 is 0 Å². The van der Waals surface area contributed by atoms with Gasteiger partial charge in [-0.2, -0.15) is 11.8 Å². The zero-order valence-corrected chi connectivity index (χ0v) is 13.0. The Hall–Kier alpha value is -0.180. The summed E-state index contributed by atoms with van der Waals surface area (Å²) in [5.41, 5.74) is 1.42. The molecule has 104 valence electrons. The van der Waals surface area contributed by atoms with Crippen LogP contribution in [0, 0.1) is 0 Å². The predicted molar refractivity (Wildman–Crippen MR) is 85.3 cm³/mol. The molecule has 0 amide bonds. The molecule has 0 bridgehead atoms. The van der Waals surface area contributed by atoms with Crippen molar-refractivity contribution in [1.82, 2.24) is 5.32 Å². The van der Waals surface area contributed by atoms with Crippen molar-refractivity contribution in [3.05, 3.63) is 34.9 Å². The van der Waals surface area contributed by atoms with E-state index in [0.717, 1.165) is 22.4 Å². The summed E-state index contributed by atoms with van der Waals surface area (Å²) in [7, 11) is 0. The van der Waals surface area contributed by atoms with Crippen LogP contribution in [-0.4, -0.2) is 23.6 Å². The minimum absolute atomic E-state index is 0.717. The normalized spacial score (nSPS) is 34.2. The molecule has 3 rings (SSSR count). The maximum atomic E-state index is 6.06. The summed E-state index contributed by atoms with van der Waals surface area (Å²) in [6, 6.07) is 9.87. The van der Waals surface area contributed by atoms with Crippen LogP contribution in [0.3, 0.4) is 0 Å². The zero-order chi connectivity index (χ0) is 13.2. The Morgan fingerprint density at radius 2 is 2.00 bits per heavy atom. The highest BCUT2D eigenvalue weighted by atomic mass is 35.5. The summed E-state index contributed by atoms with van der Waals surface area (Å²) in [6.07, 6.45) is 8.92. The van der Waals surface area contributed by atoms with E-state index in [1.165, 1.54) is 37.7 Å². The number of halogens is 1. The highest BCUT2D eigenvalue weighted by Crippen LogP contribution is 2.39. The largest absolute Gasteiger partial charge is 0.311 e. The third kappa shape index (κ3) is 3.29. The molecule has 0 spiro atoms. The molecule has 19 heavy (non-hydrogen) atoms. The lowest BCUT2D eigenvalue weighted by Crippen LogP contribution is -2.44. The van der Waals surface area contributed by atoms with Crippen LogP contribution in [0.4, 0.5) is 0 Å². The Morgan fingerprint density at radius 3 is 2.68 bits per heavy atom. The molecule has 1 aromatic rings. The van der Waals surface area contributed by atoms with Gasteiger partial charge in [-0.1, -0.05) is 23.7 Å². The number of hydrogen-bond donors (Lipinski definition) is 1. The Bertz CT molecular complexity index is 431. The first-order valence-electron chi connectivity index (χ1n) is 7.29. The monoisotopic (exact) mass is 295 g/mol. The van der Waals surface area contributed by atoms with Crippen LogP contribution >= 0.6 is 23.4 Å². The lowest BCUT2D eigenvalue weighted by molar-refractivity contribution is 0.265. The molecule has 3 heteroatoms. The maximum absolute atomic E-state index is 6.06. The van der Waals surface area contributed by atoms with E-state index in [1.54, 1.807) is 0 Å². The van der Waals surface area contributed by atoms with E-state index in [9.17, 15) is 0 Å². The van der Waals surface area contributed by atoms with Crippen LogP contribution in [0.5, 0.6) is 0 Å². The van der Waals surface area contributed by atoms with Crippen LogP contribution in [0.15, 0.2) is 24.3 Å². The third-order valence-corrected chi connectivity index (χ3v) is 5.98. The predicted octanol–water partition coefficient (Wildman–Crippen LogP) is 4.46. The lowest BCUT2D eigenvalue weighted by atomic mass is 9.75. The summed E-state index contributed by atoms with van der Waals surface area (Å²) in [4.78, 5) is 0. The summed E-state index contributed by atoms with van der Waals surface area (Å²) in [5, 5.41) is 5.61. The quantitative estimate of drug-likeness (QED) is 0.880. The average Bonchev–Trinajstić information content (AvgIpc) is 2.81. The lowest BCUT2D eigenvalue weighted by Gasteiger charge is -2.38. The second-order valence-corrected chi connectivity index (χ2v) is 7.53. The molecule has 1 nitrogen and oxygen atoms in total. The average molecular weight is 296 g/mol. The van der Waals surface area contributed by atoms with Crippen LogP contribution in [0.1, 0.15) is 43.6 Å². The van der Waals surface area contributed by atoms with Gasteiger partial charge >= 0.3 is 0 Å². The van der Waals surface area contributed by atoms with Gasteiger partial charge in [0, 0.05) is 22.4 Å². The molecular formula is C16H22ClNS. The Labute approximate surface area is 125 Å². The number of nitrogens with one attached hydrogen (secondary N) is 1. The van der Waals surface area contributed by atoms with E-state index >= 15 is 0 Å². The molecular weight excluding hydrogens is 274 g/mol. The first kappa shape index (κ1) is 13.8. The van der Waals surface area contributed by atoms with Gasteiger partial charge in [0.2, 0.25) is 0 Å². The highest BCUT2D eigenvalue weighted by Gasteiger charge is 2.33. The molecule has 0 radical (unpaired) electrons. The topological polar surface area (TPSA) is 12.0 Å².